The van der Waals surface area contributed by atoms with E-state index in [1.54, 1.807) is 6.07 Å². The maximum atomic E-state index is 13.7. The van der Waals surface area contributed by atoms with Gasteiger partial charge in [-0.2, -0.15) is 0 Å². The lowest BCUT2D eigenvalue weighted by atomic mass is 10.1. The summed E-state index contributed by atoms with van der Waals surface area (Å²) in [4.78, 5) is 11.1. The highest BCUT2D eigenvalue weighted by atomic mass is 32.2. The molecule has 6 rings (SSSR count). The maximum Gasteiger partial charge on any atom is 0.291 e. The average molecular weight is 593 g/mol. The molecule has 3 aromatic heterocycles. The van der Waals surface area contributed by atoms with Crippen LogP contribution in [0.25, 0.3) is 27.7 Å². The highest BCUT2D eigenvalue weighted by molar-refractivity contribution is 7.89. The number of anilines is 1. The van der Waals surface area contributed by atoms with Crippen LogP contribution in [0.5, 0.6) is 0 Å². The average Bonchev–Trinajstić information content (AvgIpc) is 3.27. The summed E-state index contributed by atoms with van der Waals surface area (Å²) in [5, 5.41) is 10.6. The van der Waals surface area contributed by atoms with Crippen LogP contribution in [0.2, 0.25) is 0 Å². The molecule has 0 radical (unpaired) electrons. The Hall–Kier alpha value is -3.14. The van der Waals surface area contributed by atoms with Gasteiger partial charge in [0.1, 0.15) is 17.0 Å². The summed E-state index contributed by atoms with van der Waals surface area (Å²) >= 11 is 0.661. The van der Waals surface area contributed by atoms with Crippen LogP contribution >= 0.6 is 11.3 Å². The number of piperazine rings is 1. The number of fused-ring (bicyclic) bond motifs is 1. The fourth-order valence-corrected chi connectivity index (χ4v) is 7.23. The van der Waals surface area contributed by atoms with Gasteiger partial charge in [0.25, 0.3) is 6.43 Å². The molecule has 0 amide bonds. The van der Waals surface area contributed by atoms with E-state index in [-0.39, 0.29) is 33.6 Å². The van der Waals surface area contributed by atoms with Crippen molar-refractivity contribution >= 4 is 38.1 Å². The minimum Gasteiger partial charge on any atom is -0.367 e. The normalized spacial score (nSPS) is 20.9. The largest absolute Gasteiger partial charge is 0.367 e. The number of alkyl halides is 2. The van der Waals surface area contributed by atoms with Gasteiger partial charge in [0.15, 0.2) is 10.8 Å². The van der Waals surface area contributed by atoms with E-state index in [0.29, 0.717) is 41.1 Å². The molecule has 2 fully saturated rings. The van der Waals surface area contributed by atoms with Gasteiger partial charge >= 0.3 is 0 Å². The molecule has 2 aliphatic rings. The quantitative estimate of drug-likeness (QED) is 0.330. The van der Waals surface area contributed by atoms with Crippen LogP contribution in [-0.2, 0) is 10.0 Å². The molecule has 4 heterocycles. The van der Waals surface area contributed by atoms with Crippen LogP contribution in [0.3, 0.4) is 0 Å². The molecule has 1 aliphatic heterocycles. The van der Waals surface area contributed by atoms with Gasteiger partial charge in [-0.25, -0.2) is 36.3 Å². The van der Waals surface area contributed by atoms with Crippen LogP contribution in [0.1, 0.15) is 45.0 Å². The molecule has 0 bridgehead atoms. The Morgan fingerprint density at radius 2 is 1.88 bits per heavy atom. The van der Waals surface area contributed by atoms with Crippen molar-refractivity contribution in [2.24, 2.45) is 0 Å². The van der Waals surface area contributed by atoms with Crippen molar-refractivity contribution in [1.82, 2.24) is 34.8 Å². The van der Waals surface area contributed by atoms with Gasteiger partial charge in [0, 0.05) is 30.7 Å². The molecule has 212 valence electrons. The molecule has 40 heavy (non-hydrogen) atoms. The Kier molecular flexibility index (Phi) is 6.59. The van der Waals surface area contributed by atoms with E-state index in [1.807, 2.05) is 20.8 Å². The number of hydrogen-bond acceptors (Lipinski definition) is 9. The van der Waals surface area contributed by atoms with Crippen molar-refractivity contribution in [1.29, 1.82) is 0 Å². The van der Waals surface area contributed by atoms with Crippen LogP contribution in [-0.4, -0.2) is 63.9 Å². The number of rotatable bonds is 7. The zero-order chi connectivity index (χ0) is 28.4. The van der Waals surface area contributed by atoms with Gasteiger partial charge < -0.3 is 10.2 Å². The molecular formula is C25H27F3N8O2S2. The maximum absolute atomic E-state index is 13.7. The van der Waals surface area contributed by atoms with Gasteiger partial charge in [-0.15, -0.1) is 10.2 Å². The summed E-state index contributed by atoms with van der Waals surface area (Å²) in [6.45, 7) is 7.09. The zero-order valence-corrected chi connectivity index (χ0v) is 23.5. The van der Waals surface area contributed by atoms with Crippen molar-refractivity contribution in [2.75, 3.05) is 18.0 Å². The van der Waals surface area contributed by atoms with Crippen LogP contribution in [0.15, 0.2) is 35.4 Å². The summed E-state index contributed by atoms with van der Waals surface area (Å²) in [6.07, 6.45) is -0.353. The molecule has 0 unspecified atom stereocenters. The van der Waals surface area contributed by atoms with E-state index < -0.39 is 32.8 Å². The second kappa shape index (κ2) is 9.75. The third-order valence-electron chi connectivity index (χ3n) is 7.07. The highest BCUT2D eigenvalue weighted by Gasteiger charge is 2.42. The SMILES string of the molecule is C[C@H]1CN(c2cc(S(=O)(=O)NC3(C)CC3)cc3c2nc(-c2ccc(F)cn2)n3-c2nnc(C(F)F)s2)C[C@H](C)N1. The summed E-state index contributed by atoms with van der Waals surface area (Å²) in [7, 11) is -3.95. The topological polar surface area (TPSA) is 118 Å². The van der Waals surface area contributed by atoms with Gasteiger partial charge in [-0.1, -0.05) is 11.3 Å². The Morgan fingerprint density at radius 1 is 1.15 bits per heavy atom. The van der Waals surface area contributed by atoms with Gasteiger partial charge in [0.2, 0.25) is 15.2 Å². The van der Waals surface area contributed by atoms with Gasteiger partial charge in [-0.05, 0) is 57.9 Å². The van der Waals surface area contributed by atoms with E-state index >= 15 is 0 Å². The molecule has 1 saturated carbocycles. The number of benzene rings is 1. The van der Waals surface area contributed by atoms with E-state index in [9.17, 15) is 21.6 Å². The number of pyridine rings is 1. The number of imidazole rings is 1. The lowest BCUT2D eigenvalue weighted by Crippen LogP contribution is -2.54. The molecule has 1 aromatic carbocycles. The molecule has 15 heteroatoms. The smallest absolute Gasteiger partial charge is 0.291 e. The van der Waals surface area contributed by atoms with Gasteiger partial charge in [-0.3, -0.25) is 4.57 Å². The number of sulfonamides is 1. The zero-order valence-electron chi connectivity index (χ0n) is 21.9. The number of nitrogens with one attached hydrogen (secondary N) is 2. The van der Waals surface area contributed by atoms with Crippen molar-refractivity contribution in [3.63, 3.8) is 0 Å². The van der Waals surface area contributed by atoms with Crippen LogP contribution < -0.4 is 14.9 Å². The number of halogens is 3. The molecular weight excluding hydrogens is 565 g/mol. The third-order valence-corrected chi connectivity index (χ3v) is 9.60. The van der Waals surface area contributed by atoms with Crippen LogP contribution in [0, 0.1) is 5.82 Å². The molecule has 1 aliphatic carbocycles. The number of hydrogen-bond donors (Lipinski definition) is 2. The first kappa shape index (κ1) is 27.1. The Bertz CT molecular complexity index is 1680. The molecule has 2 N–H and O–H groups in total. The lowest BCUT2D eigenvalue weighted by molar-refractivity contribution is 0.150. The van der Waals surface area contributed by atoms with Crippen molar-refractivity contribution in [3.8, 4) is 16.6 Å². The summed E-state index contributed by atoms with van der Waals surface area (Å²) in [5.74, 6) is -0.360. The second-order valence-corrected chi connectivity index (χ2v) is 13.4. The molecule has 0 spiro atoms. The summed E-state index contributed by atoms with van der Waals surface area (Å²) < 4.78 is 72.2. The predicted molar refractivity (Wildman–Crippen MR) is 145 cm³/mol. The monoisotopic (exact) mass is 592 g/mol. The minimum atomic E-state index is -3.95. The fourth-order valence-electron chi connectivity index (χ4n) is 5.01. The molecule has 4 aromatic rings. The Labute approximate surface area is 232 Å². The minimum absolute atomic E-state index is 0.0142. The van der Waals surface area contributed by atoms with Gasteiger partial charge in [0.05, 0.1) is 22.3 Å². The fraction of sp³-hybridized carbons (Fsp3) is 0.440. The van der Waals surface area contributed by atoms with E-state index in [0.717, 1.165) is 19.0 Å². The van der Waals surface area contributed by atoms with E-state index in [1.165, 1.54) is 22.8 Å². The second-order valence-electron chi connectivity index (χ2n) is 10.7. The number of nitrogens with zero attached hydrogens (tertiary/aromatic N) is 6. The van der Waals surface area contributed by atoms with Crippen molar-refractivity contribution in [2.45, 2.75) is 62.6 Å². The molecule has 2 atom stereocenters. The summed E-state index contributed by atoms with van der Waals surface area (Å²) in [6, 6.07) is 5.92. The van der Waals surface area contributed by atoms with E-state index in [4.69, 9.17) is 4.98 Å². The Balaban J connectivity index is 1.64. The predicted octanol–water partition coefficient (Wildman–Crippen LogP) is 4.03. The molecule has 1 saturated heterocycles. The lowest BCUT2D eigenvalue weighted by Gasteiger charge is -2.37. The van der Waals surface area contributed by atoms with Crippen molar-refractivity contribution < 1.29 is 21.6 Å². The van der Waals surface area contributed by atoms with E-state index in [2.05, 4.69) is 30.1 Å². The highest BCUT2D eigenvalue weighted by Crippen LogP contribution is 2.40. The third kappa shape index (κ3) is 5.06. The standard InChI is InChI=1S/C25H27F3N8O2S2/c1-13-11-35(12-14(2)30-13)18-8-16(40(37,38)34-25(3)6-7-25)9-19-20(18)31-22(17-5-4-15(26)10-29-17)36(19)24-33-32-23(39-24)21(27)28/h4-5,8-10,13-14,21,30,34H,6-7,11-12H2,1-3H3/t13-,14-/m0/s1. The number of aromatic nitrogens is 5. The van der Waals surface area contributed by atoms with Crippen molar-refractivity contribution in [3.05, 3.63) is 41.3 Å². The first-order valence-corrected chi connectivity index (χ1v) is 15.1. The van der Waals surface area contributed by atoms with Crippen LogP contribution in [0.4, 0.5) is 18.9 Å². The first-order chi connectivity index (χ1) is 18.9. The molecule has 10 nitrogen and oxygen atoms in total. The Morgan fingerprint density at radius 3 is 2.48 bits per heavy atom. The summed E-state index contributed by atoms with van der Waals surface area (Å²) in [5.41, 5.74) is 1.08. The first-order valence-electron chi connectivity index (χ1n) is 12.8.